The summed E-state index contributed by atoms with van der Waals surface area (Å²) in [5.74, 6) is -0.0540. The van der Waals surface area contributed by atoms with Crippen LogP contribution in [0.1, 0.15) is 41.0 Å². The Morgan fingerprint density at radius 2 is 2.00 bits per heavy atom. The molecule has 2 atom stereocenters. The standard InChI is InChI=1S/C21H37N3O3/c1-9-19(22-7)11-15(3)23-12-21(26)17(5)20(18(6)25)13-24(10-2)16(4)14-27-8/h10-11,16,21,23,26H,2,9,12-14H2,1,3-8H3/b15-11+,20-17-,22-19?. The molecule has 0 fully saturated rings. The molecule has 2 unspecified atom stereocenters. The first kappa shape index (κ1) is 25.1. The lowest BCUT2D eigenvalue weighted by molar-refractivity contribution is -0.114. The minimum Gasteiger partial charge on any atom is -0.387 e. The summed E-state index contributed by atoms with van der Waals surface area (Å²) >= 11 is 0. The van der Waals surface area contributed by atoms with Crippen molar-refractivity contribution >= 4 is 11.5 Å². The minimum atomic E-state index is -0.764. The molecule has 27 heavy (non-hydrogen) atoms. The molecule has 0 saturated heterocycles. The van der Waals surface area contributed by atoms with Gasteiger partial charge in [-0.2, -0.15) is 0 Å². The van der Waals surface area contributed by atoms with Gasteiger partial charge in [0.15, 0.2) is 5.78 Å². The zero-order valence-electron chi connectivity index (χ0n) is 18.0. The number of methoxy groups -OCH3 is 1. The van der Waals surface area contributed by atoms with E-state index in [1.54, 1.807) is 27.3 Å². The number of Topliss-reactive ketones (excluding diaryl/α,β-unsaturated/α-hetero) is 1. The second-order valence-electron chi connectivity index (χ2n) is 6.67. The molecule has 0 saturated carbocycles. The van der Waals surface area contributed by atoms with Crippen molar-refractivity contribution in [2.45, 2.75) is 53.2 Å². The maximum Gasteiger partial charge on any atom is 0.157 e. The Kier molecular flexibility index (Phi) is 12.3. The SMILES string of the molecule is C=CN(C/C(C(C)=O)=C(\C)C(O)CN/C(C)=C/C(CC)=NC)C(C)COC. The van der Waals surface area contributed by atoms with E-state index in [-0.39, 0.29) is 11.8 Å². The number of rotatable bonds is 13. The van der Waals surface area contributed by atoms with E-state index in [9.17, 15) is 9.90 Å². The molecule has 0 radical (unpaired) electrons. The van der Waals surface area contributed by atoms with Crippen LogP contribution in [-0.4, -0.2) is 67.5 Å². The topological polar surface area (TPSA) is 74.2 Å². The Balaban J connectivity index is 5.24. The maximum atomic E-state index is 12.2. The van der Waals surface area contributed by atoms with Gasteiger partial charge in [0.25, 0.3) is 0 Å². The predicted octanol–water partition coefficient (Wildman–Crippen LogP) is 2.71. The smallest absolute Gasteiger partial charge is 0.157 e. The van der Waals surface area contributed by atoms with Crippen molar-refractivity contribution in [1.82, 2.24) is 10.2 Å². The van der Waals surface area contributed by atoms with Crippen LogP contribution in [0.25, 0.3) is 0 Å². The first-order valence-corrected chi connectivity index (χ1v) is 9.35. The predicted molar refractivity (Wildman–Crippen MR) is 113 cm³/mol. The summed E-state index contributed by atoms with van der Waals surface area (Å²) in [5.41, 5.74) is 3.17. The molecule has 0 spiro atoms. The molecule has 6 heteroatoms. The monoisotopic (exact) mass is 379 g/mol. The van der Waals surface area contributed by atoms with Gasteiger partial charge >= 0.3 is 0 Å². The Morgan fingerprint density at radius 1 is 1.37 bits per heavy atom. The molecular weight excluding hydrogens is 342 g/mol. The van der Waals surface area contributed by atoms with Gasteiger partial charge in [-0.05, 0) is 52.0 Å². The number of nitrogens with one attached hydrogen (secondary N) is 1. The fourth-order valence-electron chi connectivity index (χ4n) is 2.67. The number of allylic oxidation sites excluding steroid dienone is 2. The summed E-state index contributed by atoms with van der Waals surface area (Å²) in [6, 6.07) is 0.0795. The first-order valence-electron chi connectivity index (χ1n) is 9.35. The Labute approximate surface area is 164 Å². The number of aliphatic imine (C=N–C) groups is 1. The number of aliphatic hydroxyl groups excluding tert-OH is 1. The van der Waals surface area contributed by atoms with Crippen LogP contribution >= 0.6 is 0 Å². The van der Waals surface area contributed by atoms with E-state index in [1.165, 1.54) is 6.92 Å². The third kappa shape index (κ3) is 9.02. The number of ketones is 1. The van der Waals surface area contributed by atoms with Crippen LogP contribution in [0.5, 0.6) is 0 Å². The van der Waals surface area contributed by atoms with Crippen molar-refractivity contribution in [3.05, 3.63) is 35.7 Å². The molecule has 0 aromatic rings. The van der Waals surface area contributed by atoms with Crippen molar-refractivity contribution in [2.24, 2.45) is 4.99 Å². The van der Waals surface area contributed by atoms with Crippen LogP contribution in [0.4, 0.5) is 0 Å². The molecule has 0 aromatic carbocycles. The fourth-order valence-corrected chi connectivity index (χ4v) is 2.67. The van der Waals surface area contributed by atoms with Crippen molar-refractivity contribution < 1.29 is 14.6 Å². The van der Waals surface area contributed by atoms with Crippen LogP contribution in [0, 0.1) is 0 Å². The molecule has 0 rings (SSSR count). The van der Waals surface area contributed by atoms with Crippen LogP contribution in [0.3, 0.4) is 0 Å². The second kappa shape index (κ2) is 13.3. The van der Waals surface area contributed by atoms with Crippen molar-refractivity contribution in [1.29, 1.82) is 0 Å². The van der Waals surface area contributed by atoms with Gasteiger partial charge in [-0.25, -0.2) is 0 Å². The molecule has 154 valence electrons. The highest BCUT2D eigenvalue weighted by molar-refractivity contribution is 5.95. The van der Waals surface area contributed by atoms with E-state index in [1.807, 2.05) is 31.7 Å². The zero-order chi connectivity index (χ0) is 21.0. The first-order chi connectivity index (χ1) is 12.7. The van der Waals surface area contributed by atoms with Gasteiger partial charge in [-0.3, -0.25) is 9.79 Å². The molecule has 0 bridgehead atoms. The van der Waals surface area contributed by atoms with Gasteiger partial charge in [0.1, 0.15) is 0 Å². The van der Waals surface area contributed by atoms with Crippen LogP contribution in [0.2, 0.25) is 0 Å². The molecule has 0 aromatic heterocycles. The summed E-state index contributed by atoms with van der Waals surface area (Å²) in [5, 5.41) is 13.8. The lowest BCUT2D eigenvalue weighted by Gasteiger charge is -2.29. The third-order valence-electron chi connectivity index (χ3n) is 4.56. The molecule has 0 heterocycles. The number of carbonyl (C=O) groups excluding carboxylic acids is 1. The summed E-state index contributed by atoms with van der Waals surface area (Å²) in [7, 11) is 3.41. The summed E-state index contributed by atoms with van der Waals surface area (Å²) < 4.78 is 5.19. The van der Waals surface area contributed by atoms with Crippen molar-refractivity contribution in [2.75, 3.05) is 33.9 Å². The van der Waals surface area contributed by atoms with E-state index in [0.717, 1.165) is 17.8 Å². The molecule has 2 N–H and O–H groups in total. The number of carbonyl (C=O) groups is 1. The average Bonchev–Trinajstić information content (AvgIpc) is 2.64. The van der Waals surface area contributed by atoms with E-state index < -0.39 is 6.10 Å². The van der Waals surface area contributed by atoms with E-state index in [2.05, 4.69) is 16.9 Å². The van der Waals surface area contributed by atoms with Gasteiger partial charge in [0.05, 0.1) is 12.7 Å². The van der Waals surface area contributed by atoms with Gasteiger partial charge in [0.2, 0.25) is 0 Å². The summed E-state index contributed by atoms with van der Waals surface area (Å²) in [4.78, 5) is 18.3. The van der Waals surface area contributed by atoms with Gasteiger partial charge in [-0.15, -0.1) is 0 Å². The van der Waals surface area contributed by atoms with Crippen LogP contribution < -0.4 is 5.32 Å². The highest BCUT2D eigenvalue weighted by Crippen LogP contribution is 2.14. The Morgan fingerprint density at radius 3 is 2.44 bits per heavy atom. The van der Waals surface area contributed by atoms with Crippen molar-refractivity contribution in [3.8, 4) is 0 Å². The van der Waals surface area contributed by atoms with Crippen molar-refractivity contribution in [3.63, 3.8) is 0 Å². The zero-order valence-corrected chi connectivity index (χ0v) is 18.0. The van der Waals surface area contributed by atoms with Crippen LogP contribution in [0.15, 0.2) is 40.7 Å². The molecule has 0 aliphatic carbocycles. The number of hydrogen-bond acceptors (Lipinski definition) is 6. The number of aliphatic hydroxyl groups is 1. The molecule has 0 aliphatic heterocycles. The van der Waals surface area contributed by atoms with Gasteiger partial charge in [0, 0.05) is 50.3 Å². The second-order valence-corrected chi connectivity index (χ2v) is 6.67. The lowest BCUT2D eigenvalue weighted by Crippen LogP contribution is -2.36. The highest BCUT2D eigenvalue weighted by Gasteiger charge is 2.19. The number of hydrogen-bond donors (Lipinski definition) is 2. The van der Waals surface area contributed by atoms with Crippen LogP contribution in [-0.2, 0) is 9.53 Å². The maximum absolute atomic E-state index is 12.2. The number of nitrogens with zero attached hydrogens (tertiary/aromatic N) is 2. The Bertz CT molecular complexity index is 579. The molecule has 0 aliphatic rings. The summed E-state index contributed by atoms with van der Waals surface area (Å²) in [6.07, 6.45) is 3.75. The fraction of sp³-hybridized carbons (Fsp3) is 0.619. The average molecular weight is 380 g/mol. The Hall–Kier alpha value is -1.92. The molecular formula is C21H37N3O3. The summed E-state index contributed by atoms with van der Waals surface area (Å²) in [6.45, 7) is 14.4. The van der Waals surface area contributed by atoms with E-state index in [4.69, 9.17) is 4.74 Å². The third-order valence-corrected chi connectivity index (χ3v) is 4.56. The van der Waals surface area contributed by atoms with Gasteiger partial charge < -0.3 is 20.1 Å². The molecule has 6 nitrogen and oxygen atoms in total. The quantitative estimate of drug-likeness (QED) is 0.380. The highest BCUT2D eigenvalue weighted by atomic mass is 16.5. The lowest BCUT2D eigenvalue weighted by atomic mass is 10.00. The normalized spacial score (nSPS) is 15.7. The van der Waals surface area contributed by atoms with E-state index in [0.29, 0.717) is 30.8 Å². The minimum absolute atomic E-state index is 0.0540. The number of ether oxygens (including phenoxy) is 1. The molecule has 0 amide bonds. The largest absolute Gasteiger partial charge is 0.387 e. The van der Waals surface area contributed by atoms with Gasteiger partial charge in [-0.1, -0.05) is 13.5 Å². The van der Waals surface area contributed by atoms with E-state index >= 15 is 0 Å².